The summed E-state index contributed by atoms with van der Waals surface area (Å²) in [6.45, 7) is 8.73. The molecule has 0 saturated heterocycles. The fourth-order valence-corrected chi connectivity index (χ4v) is 6.65. The summed E-state index contributed by atoms with van der Waals surface area (Å²) in [4.78, 5) is 13.7. The number of aliphatic hydroxyl groups is 1. The van der Waals surface area contributed by atoms with Gasteiger partial charge in [-0.3, -0.25) is 4.79 Å². The SMILES string of the molecule is CC1(C)C/C(=C/[C@@H]2C(=O)C[C@]3(C)[C@@H](Br)CC[C@@](C)(O)[C@@H]23)CC[C@@H]1Br. The van der Waals surface area contributed by atoms with Crippen molar-refractivity contribution in [3.8, 4) is 0 Å². The van der Waals surface area contributed by atoms with E-state index in [0.29, 0.717) is 21.9 Å². The Bertz CT molecular complexity index is 566. The molecule has 0 unspecified atom stereocenters. The van der Waals surface area contributed by atoms with Crippen molar-refractivity contribution >= 4 is 37.6 Å². The smallest absolute Gasteiger partial charge is 0.140 e. The first-order chi connectivity index (χ1) is 11.0. The lowest BCUT2D eigenvalue weighted by Crippen LogP contribution is -2.52. The van der Waals surface area contributed by atoms with E-state index in [-0.39, 0.29) is 22.7 Å². The summed E-state index contributed by atoms with van der Waals surface area (Å²) < 4.78 is 0. The molecule has 3 aliphatic carbocycles. The summed E-state index contributed by atoms with van der Waals surface area (Å²) >= 11 is 7.63. The molecule has 3 fully saturated rings. The third-order valence-electron chi connectivity index (χ3n) is 6.95. The second-order valence-corrected chi connectivity index (χ2v) is 11.7. The summed E-state index contributed by atoms with van der Waals surface area (Å²) in [6, 6.07) is 0. The van der Waals surface area contributed by atoms with Crippen LogP contribution in [-0.4, -0.2) is 26.1 Å². The van der Waals surface area contributed by atoms with E-state index in [9.17, 15) is 9.90 Å². The Morgan fingerprint density at radius 2 is 1.75 bits per heavy atom. The minimum Gasteiger partial charge on any atom is -0.390 e. The fourth-order valence-electron chi connectivity index (χ4n) is 5.58. The number of halogens is 2. The molecule has 0 aromatic rings. The molecule has 0 amide bonds. The Hall–Kier alpha value is 0.330. The standard InChI is InChI=1S/C20H30Br2O2/c1-18(2)10-12(5-6-15(18)21)9-13-14(23)11-19(3)16(22)7-8-20(4,24)17(13)19/h9,13,15-17,24H,5-8,10-11H2,1-4H3/b12-9+/t13-,15+,16+,17+,19-,20-/m1/s1. The topological polar surface area (TPSA) is 37.3 Å². The Morgan fingerprint density at radius 1 is 1.08 bits per heavy atom. The van der Waals surface area contributed by atoms with E-state index in [2.05, 4.69) is 58.7 Å². The molecular weight excluding hydrogens is 432 g/mol. The molecule has 0 bridgehead atoms. The highest BCUT2D eigenvalue weighted by molar-refractivity contribution is 9.09. The zero-order chi connectivity index (χ0) is 17.9. The summed E-state index contributed by atoms with van der Waals surface area (Å²) in [5.74, 6) is 0.219. The number of hydrogen-bond acceptors (Lipinski definition) is 2. The predicted octanol–water partition coefficient (Wildman–Crippen LogP) is 5.41. The second-order valence-electron chi connectivity index (χ2n) is 9.51. The van der Waals surface area contributed by atoms with Crippen molar-refractivity contribution in [3.05, 3.63) is 11.6 Å². The van der Waals surface area contributed by atoms with Crippen LogP contribution in [0.25, 0.3) is 0 Å². The van der Waals surface area contributed by atoms with Crippen molar-refractivity contribution in [1.82, 2.24) is 0 Å². The molecule has 0 radical (unpaired) electrons. The lowest BCUT2D eigenvalue weighted by Gasteiger charge is -2.50. The first-order valence-electron chi connectivity index (χ1n) is 9.20. The van der Waals surface area contributed by atoms with E-state index in [1.165, 1.54) is 5.57 Å². The van der Waals surface area contributed by atoms with Gasteiger partial charge in [-0.05, 0) is 49.9 Å². The number of ketones is 1. The molecule has 0 aliphatic heterocycles. The molecule has 0 heterocycles. The van der Waals surface area contributed by atoms with Crippen molar-refractivity contribution in [2.75, 3.05) is 0 Å². The highest BCUT2D eigenvalue weighted by Crippen LogP contribution is 2.59. The number of rotatable bonds is 1. The number of allylic oxidation sites excluding steroid dienone is 2. The van der Waals surface area contributed by atoms with Crippen LogP contribution in [0.15, 0.2) is 11.6 Å². The van der Waals surface area contributed by atoms with Crippen molar-refractivity contribution < 1.29 is 9.90 Å². The molecular formula is C20H30Br2O2. The van der Waals surface area contributed by atoms with Gasteiger partial charge in [0.25, 0.3) is 0 Å². The number of fused-ring (bicyclic) bond motifs is 1. The lowest BCUT2D eigenvalue weighted by molar-refractivity contribution is -0.122. The van der Waals surface area contributed by atoms with E-state index < -0.39 is 5.60 Å². The van der Waals surface area contributed by atoms with Crippen LogP contribution in [0.5, 0.6) is 0 Å². The molecule has 0 aromatic carbocycles. The van der Waals surface area contributed by atoms with Crippen LogP contribution in [0, 0.1) is 22.7 Å². The zero-order valence-corrected chi connectivity index (χ0v) is 18.4. The second kappa shape index (κ2) is 6.20. The van der Waals surface area contributed by atoms with Crippen LogP contribution in [0.4, 0.5) is 0 Å². The number of hydrogen-bond donors (Lipinski definition) is 1. The number of Topliss-reactive ketones (excluding diaryl/α,β-unsaturated/α-hetero) is 1. The molecule has 1 N–H and O–H groups in total. The van der Waals surface area contributed by atoms with Crippen LogP contribution in [0.2, 0.25) is 0 Å². The molecule has 136 valence electrons. The van der Waals surface area contributed by atoms with Crippen molar-refractivity contribution in [1.29, 1.82) is 0 Å². The molecule has 0 aromatic heterocycles. The van der Waals surface area contributed by atoms with Gasteiger partial charge in [-0.25, -0.2) is 0 Å². The van der Waals surface area contributed by atoms with Gasteiger partial charge in [0.15, 0.2) is 0 Å². The molecule has 24 heavy (non-hydrogen) atoms. The minimum atomic E-state index is -0.755. The zero-order valence-electron chi connectivity index (χ0n) is 15.2. The third-order valence-corrected chi connectivity index (χ3v) is 10.2. The van der Waals surface area contributed by atoms with Gasteiger partial charge in [-0.15, -0.1) is 0 Å². The summed E-state index contributed by atoms with van der Waals surface area (Å²) in [7, 11) is 0. The average molecular weight is 462 g/mol. The lowest BCUT2D eigenvalue weighted by atomic mass is 9.60. The van der Waals surface area contributed by atoms with Gasteiger partial charge in [0.1, 0.15) is 5.78 Å². The van der Waals surface area contributed by atoms with Crippen LogP contribution in [0.3, 0.4) is 0 Å². The van der Waals surface area contributed by atoms with Crippen molar-refractivity contribution in [2.45, 2.75) is 81.5 Å². The normalized spacial score (nSPS) is 50.1. The maximum atomic E-state index is 12.9. The van der Waals surface area contributed by atoms with Gasteiger partial charge in [0.2, 0.25) is 0 Å². The van der Waals surface area contributed by atoms with Crippen LogP contribution in [-0.2, 0) is 4.79 Å². The number of alkyl halides is 2. The Kier molecular flexibility index (Phi) is 4.93. The largest absolute Gasteiger partial charge is 0.390 e. The first kappa shape index (κ1) is 19.1. The Balaban J connectivity index is 1.93. The highest BCUT2D eigenvalue weighted by atomic mass is 79.9. The maximum absolute atomic E-state index is 12.9. The predicted molar refractivity (Wildman–Crippen MR) is 106 cm³/mol. The number of carbonyl (C=O) groups is 1. The van der Waals surface area contributed by atoms with Gasteiger partial charge < -0.3 is 5.11 Å². The van der Waals surface area contributed by atoms with Gasteiger partial charge in [0, 0.05) is 27.9 Å². The van der Waals surface area contributed by atoms with Gasteiger partial charge in [0.05, 0.1) is 5.60 Å². The maximum Gasteiger partial charge on any atom is 0.140 e. The van der Waals surface area contributed by atoms with Crippen molar-refractivity contribution in [2.24, 2.45) is 22.7 Å². The van der Waals surface area contributed by atoms with Crippen molar-refractivity contribution in [3.63, 3.8) is 0 Å². The molecule has 4 heteroatoms. The summed E-state index contributed by atoms with van der Waals surface area (Å²) in [5.41, 5.74) is 0.741. The average Bonchev–Trinajstić information content (AvgIpc) is 2.72. The molecule has 3 aliphatic rings. The molecule has 3 rings (SSSR count). The molecule has 0 spiro atoms. The monoisotopic (exact) mass is 460 g/mol. The minimum absolute atomic E-state index is 0.0212. The summed E-state index contributed by atoms with van der Waals surface area (Å²) in [5, 5.41) is 11.1. The fraction of sp³-hybridized carbons (Fsp3) is 0.850. The molecule has 3 saturated carbocycles. The Labute approximate surface area is 163 Å². The van der Waals surface area contributed by atoms with E-state index in [1.54, 1.807) is 0 Å². The van der Waals surface area contributed by atoms with Crippen LogP contribution < -0.4 is 0 Å². The summed E-state index contributed by atoms with van der Waals surface area (Å²) in [6.07, 6.45) is 7.77. The third kappa shape index (κ3) is 3.09. The van der Waals surface area contributed by atoms with Crippen LogP contribution in [0.1, 0.15) is 66.2 Å². The highest BCUT2D eigenvalue weighted by Gasteiger charge is 2.61. The van der Waals surface area contributed by atoms with Gasteiger partial charge in [-0.1, -0.05) is 64.3 Å². The van der Waals surface area contributed by atoms with E-state index in [1.807, 2.05) is 6.92 Å². The number of carbonyl (C=O) groups excluding carboxylic acids is 1. The molecule has 2 nitrogen and oxygen atoms in total. The van der Waals surface area contributed by atoms with E-state index >= 15 is 0 Å². The Morgan fingerprint density at radius 3 is 2.38 bits per heavy atom. The quantitative estimate of drug-likeness (QED) is 0.418. The first-order valence-corrected chi connectivity index (χ1v) is 11.0. The molecule has 6 atom stereocenters. The van der Waals surface area contributed by atoms with Crippen LogP contribution >= 0.6 is 31.9 Å². The van der Waals surface area contributed by atoms with Gasteiger partial charge >= 0.3 is 0 Å². The van der Waals surface area contributed by atoms with Gasteiger partial charge in [-0.2, -0.15) is 0 Å². The van der Waals surface area contributed by atoms with E-state index in [0.717, 1.165) is 32.1 Å². The van der Waals surface area contributed by atoms with E-state index in [4.69, 9.17) is 0 Å².